The molecular weight excluding hydrogens is 332 g/mol. The molecule has 0 saturated carbocycles. The molecule has 2 aromatic carbocycles. The smallest absolute Gasteiger partial charge is 0.337 e. The van der Waals surface area contributed by atoms with E-state index in [1.54, 1.807) is 0 Å². The van der Waals surface area contributed by atoms with E-state index in [1.807, 2.05) is 36.4 Å². The average molecular weight is 359 g/mol. The van der Waals surface area contributed by atoms with Crippen LogP contribution in [0, 0.1) is 0 Å². The molecule has 0 bridgehead atoms. The number of aliphatic hydroxyl groups is 1. The quantitative estimate of drug-likeness (QED) is 0.635. The van der Waals surface area contributed by atoms with Gasteiger partial charge in [0.2, 0.25) is 0 Å². The maximum Gasteiger partial charge on any atom is 0.337 e. The number of hydrogen-bond donors (Lipinski definition) is 1. The van der Waals surface area contributed by atoms with Crippen LogP contribution in [0.4, 0.5) is 0 Å². The molecule has 5 heteroatoms. The van der Waals surface area contributed by atoms with Crippen LogP contribution in [0.5, 0.6) is 0 Å². The maximum atomic E-state index is 11.6. The molecule has 0 aromatic heterocycles. The number of carbonyl (C=O) groups is 1. The number of esters is 1. The molecule has 0 saturated heterocycles. The molecule has 4 nitrogen and oxygen atoms in total. The monoisotopic (exact) mass is 358 g/mol. The summed E-state index contributed by atoms with van der Waals surface area (Å²) >= 11 is 0. The lowest BCUT2D eigenvalue weighted by Crippen LogP contribution is -2.67. The Labute approximate surface area is 150 Å². The highest BCUT2D eigenvalue weighted by atomic mass is 28.4. The Morgan fingerprint density at radius 2 is 1.44 bits per heavy atom. The van der Waals surface area contributed by atoms with Crippen molar-refractivity contribution in [1.82, 2.24) is 0 Å². The second-order valence-corrected chi connectivity index (χ2v) is 11.3. The summed E-state index contributed by atoms with van der Waals surface area (Å²) in [5, 5.41) is 12.1. The molecule has 0 aliphatic heterocycles. The number of ether oxygens (including phenoxy) is 1. The Morgan fingerprint density at radius 1 is 1.00 bits per heavy atom. The lowest BCUT2D eigenvalue weighted by atomic mass is 10.2. The number of carbonyl (C=O) groups excluding carboxylic acids is 1. The molecule has 0 radical (unpaired) electrons. The lowest BCUT2D eigenvalue weighted by Gasteiger charge is -2.43. The average Bonchev–Trinajstić information content (AvgIpc) is 2.62. The molecular formula is C20H26O4Si. The van der Waals surface area contributed by atoms with Crippen LogP contribution in [-0.4, -0.2) is 39.2 Å². The summed E-state index contributed by atoms with van der Waals surface area (Å²) in [7, 11) is -1.48. The van der Waals surface area contributed by atoms with E-state index >= 15 is 0 Å². The SMILES string of the molecule is COC(=O)[C@H](O)CO[Si](c1ccccc1)(c1ccccc1)C(C)(C)C. The van der Waals surface area contributed by atoms with Crippen LogP contribution < -0.4 is 10.4 Å². The van der Waals surface area contributed by atoms with Gasteiger partial charge < -0.3 is 14.3 Å². The van der Waals surface area contributed by atoms with Crippen molar-refractivity contribution in [2.24, 2.45) is 0 Å². The summed E-state index contributed by atoms with van der Waals surface area (Å²) in [6, 6.07) is 20.2. The highest BCUT2D eigenvalue weighted by molar-refractivity contribution is 6.99. The van der Waals surface area contributed by atoms with Crippen molar-refractivity contribution in [2.75, 3.05) is 13.7 Å². The second kappa shape index (κ2) is 7.95. The number of benzene rings is 2. The Hall–Kier alpha value is -1.95. The van der Waals surface area contributed by atoms with Gasteiger partial charge in [0.05, 0.1) is 13.7 Å². The largest absolute Gasteiger partial charge is 0.467 e. The Kier molecular flexibility index (Phi) is 6.16. The van der Waals surface area contributed by atoms with Crippen molar-refractivity contribution in [3.8, 4) is 0 Å². The standard InChI is InChI=1S/C20H26O4Si/c1-20(2,3)25(16-11-7-5-8-12-16,17-13-9-6-10-14-17)24-15-18(21)19(22)23-4/h5-14,18,21H,15H2,1-4H3/t18-/m1/s1. The summed E-state index contributed by atoms with van der Waals surface area (Å²) in [5.74, 6) is -0.682. The fourth-order valence-electron chi connectivity index (χ4n) is 3.17. The van der Waals surface area contributed by atoms with E-state index in [-0.39, 0.29) is 11.6 Å². The van der Waals surface area contributed by atoms with Crippen molar-refractivity contribution >= 4 is 24.7 Å². The van der Waals surface area contributed by atoms with Crippen LogP contribution in [0.2, 0.25) is 5.04 Å². The Bertz CT molecular complexity index is 640. The molecule has 2 rings (SSSR count). The molecule has 0 heterocycles. The molecule has 1 atom stereocenters. The van der Waals surface area contributed by atoms with Gasteiger partial charge in [-0.3, -0.25) is 0 Å². The summed E-state index contributed by atoms with van der Waals surface area (Å²) < 4.78 is 11.1. The van der Waals surface area contributed by atoms with Crippen LogP contribution in [0.3, 0.4) is 0 Å². The van der Waals surface area contributed by atoms with E-state index in [0.717, 1.165) is 10.4 Å². The third-order valence-electron chi connectivity index (χ3n) is 4.35. The molecule has 25 heavy (non-hydrogen) atoms. The van der Waals surface area contributed by atoms with Crippen LogP contribution in [0.25, 0.3) is 0 Å². The van der Waals surface area contributed by atoms with Crippen molar-refractivity contribution in [3.05, 3.63) is 60.7 Å². The first kappa shape index (κ1) is 19.4. The predicted octanol–water partition coefficient (Wildman–Crippen LogP) is 2.10. The van der Waals surface area contributed by atoms with Gasteiger partial charge in [0.15, 0.2) is 6.10 Å². The number of hydrogen-bond acceptors (Lipinski definition) is 4. The fourth-order valence-corrected chi connectivity index (χ4v) is 7.73. The third kappa shape index (κ3) is 4.00. The van der Waals surface area contributed by atoms with Gasteiger partial charge in [0.25, 0.3) is 8.32 Å². The Morgan fingerprint density at radius 3 is 1.80 bits per heavy atom. The van der Waals surface area contributed by atoms with Crippen LogP contribution in [0.1, 0.15) is 20.8 Å². The van der Waals surface area contributed by atoms with E-state index in [1.165, 1.54) is 7.11 Å². The number of aliphatic hydroxyl groups excluding tert-OH is 1. The molecule has 0 fully saturated rings. The van der Waals surface area contributed by atoms with E-state index in [0.29, 0.717) is 0 Å². The van der Waals surface area contributed by atoms with Gasteiger partial charge in [-0.2, -0.15) is 0 Å². The molecule has 0 spiro atoms. The molecule has 2 aromatic rings. The van der Waals surface area contributed by atoms with Gasteiger partial charge in [0.1, 0.15) is 0 Å². The molecule has 0 unspecified atom stereocenters. The maximum absolute atomic E-state index is 11.6. The summed E-state index contributed by atoms with van der Waals surface area (Å²) in [6.07, 6.45) is -1.30. The van der Waals surface area contributed by atoms with E-state index in [4.69, 9.17) is 4.43 Å². The van der Waals surface area contributed by atoms with Crippen molar-refractivity contribution < 1.29 is 19.1 Å². The van der Waals surface area contributed by atoms with E-state index in [2.05, 4.69) is 49.8 Å². The molecule has 0 aliphatic carbocycles. The minimum absolute atomic E-state index is 0.0973. The zero-order chi connectivity index (χ0) is 18.5. The number of methoxy groups -OCH3 is 1. The Balaban J connectivity index is 2.55. The van der Waals surface area contributed by atoms with E-state index in [9.17, 15) is 9.90 Å². The normalized spacial score (nSPS) is 13.3. The zero-order valence-electron chi connectivity index (χ0n) is 15.2. The van der Waals surface area contributed by atoms with Gasteiger partial charge >= 0.3 is 5.97 Å². The minimum atomic E-state index is -2.74. The van der Waals surface area contributed by atoms with Crippen LogP contribution in [-0.2, 0) is 14.0 Å². The topological polar surface area (TPSA) is 55.8 Å². The lowest BCUT2D eigenvalue weighted by molar-refractivity contribution is -0.152. The van der Waals surface area contributed by atoms with Crippen molar-refractivity contribution in [2.45, 2.75) is 31.9 Å². The highest BCUT2D eigenvalue weighted by Gasteiger charge is 2.50. The van der Waals surface area contributed by atoms with Crippen molar-refractivity contribution in [3.63, 3.8) is 0 Å². The molecule has 1 N–H and O–H groups in total. The highest BCUT2D eigenvalue weighted by Crippen LogP contribution is 2.36. The summed E-state index contributed by atoms with van der Waals surface area (Å²) in [4.78, 5) is 11.6. The van der Waals surface area contributed by atoms with Gasteiger partial charge in [-0.15, -0.1) is 0 Å². The fraction of sp³-hybridized carbons (Fsp3) is 0.350. The summed E-state index contributed by atoms with van der Waals surface area (Å²) in [5.41, 5.74) is 0. The zero-order valence-corrected chi connectivity index (χ0v) is 16.2. The van der Waals surface area contributed by atoms with Gasteiger partial charge in [-0.05, 0) is 15.4 Å². The van der Waals surface area contributed by atoms with E-state index < -0.39 is 20.4 Å². The molecule has 0 aliphatic rings. The first-order valence-corrected chi connectivity index (χ1v) is 10.2. The summed E-state index contributed by atoms with van der Waals surface area (Å²) in [6.45, 7) is 6.33. The van der Waals surface area contributed by atoms with Gasteiger partial charge in [-0.25, -0.2) is 4.79 Å². The van der Waals surface area contributed by atoms with Gasteiger partial charge in [-0.1, -0.05) is 81.4 Å². The molecule has 0 amide bonds. The van der Waals surface area contributed by atoms with Crippen LogP contribution in [0.15, 0.2) is 60.7 Å². The van der Waals surface area contributed by atoms with Gasteiger partial charge in [0, 0.05) is 0 Å². The molecule has 134 valence electrons. The predicted molar refractivity (Wildman–Crippen MR) is 102 cm³/mol. The first-order valence-electron chi connectivity index (χ1n) is 8.34. The first-order chi connectivity index (χ1) is 11.8. The number of rotatable bonds is 6. The van der Waals surface area contributed by atoms with Crippen molar-refractivity contribution in [1.29, 1.82) is 0 Å². The third-order valence-corrected chi connectivity index (χ3v) is 9.35. The minimum Gasteiger partial charge on any atom is -0.467 e. The second-order valence-electron chi connectivity index (χ2n) is 7.01. The van der Waals surface area contributed by atoms with Crippen LogP contribution >= 0.6 is 0 Å².